The van der Waals surface area contributed by atoms with Gasteiger partial charge in [-0.3, -0.25) is 4.79 Å². The Morgan fingerprint density at radius 2 is 1.94 bits per heavy atom. The van der Waals surface area contributed by atoms with Crippen LogP contribution >= 0.6 is 0 Å². The fourth-order valence-electron chi connectivity index (χ4n) is 1.51. The fourth-order valence-corrected chi connectivity index (χ4v) is 1.51. The van der Waals surface area contributed by atoms with Gasteiger partial charge in [-0.15, -0.1) is 0 Å². The number of hydrogen-bond acceptors (Lipinski definition) is 3. The van der Waals surface area contributed by atoms with E-state index in [1.54, 1.807) is 12.1 Å². The second-order valence-electron chi connectivity index (χ2n) is 3.93. The predicted octanol–water partition coefficient (Wildman–Crippen LogP) is 1.30. The molecule has 0 radical (unpaired) electrons. The van der Waals surface area contributed by atoms with Gasteiger partial charge in [0.2, 0.25) is 0 Å². The number of amides is 2. The van der Waals surface area contributed by atoms with Gasteiger partial charge in [0, 0.05) is 18.3 Å². The van der Waals surface area contributed by atoms with E-state index in [4.69, 9.17) is 10.8 Å². The summed E-state index contributed by atoms with van der Waals surface area (Å²) in [6.07, 6.45) is 0.0889. The minimum Gasteiger partial charge on any atom is -0.481 e. The van der Waals surface area contributed by atoms with Crippen LogP contribution in [-0.2, 0) is 4.79 Å². The maximum Gasteiger partial charge on any atom is 0.316 e. The van der Waals surface area contributed by atoms with Crippen molar-refractivity contribution >= 4 is 17.7 Å². The standard InChI is InChI=1S/C12H17N3O3/c1-8(14-7-6-11(16)17)9-2-4-10(5-3-9)15-12(13)18/h2-5,8,14H,6-7H2,1H3,(H,16,17)(H3,13,15,18). The number of benzene rings is 1. The molecule has 98 valence electrons. The number of carboxylic acid groups (broad SMARTS) is 1. The number of anilines is 1. The fraction of sp³-hybridized carbons (Fsp3) is 0.333. The Balaban J connectivity index is 2.50. The van der Waals surface area contributed by atoms with Crippen LogP contribution in [0, 0.1) is 0 Å². The lowest BCUT2D eigenvalue weighted by atomic mass is 10.1. The number of rotatable bonds is 6. The molecule has 0 bridgehead atoms. The molecule has 5 N–H and O–H groups in total. The monoisotopic (exact) mass is 251 g/mol. The van der Waals surface area contributed by atoms with Gasteiger partial charge in [-0.1, -0.05) is 12.1 Å². The number of nitrogens with one attached hydrogen (secondary N) is 2. The lowest BCUT2D eigenvalue weighted by Crippen LogP contribution is -2.22. The lowest BCUT2D eigenvalue weighted by Gasteiger charge is -2.14. The number of carbonyl (C=O) groups is 2. The van der Waals surface area contributed by atoms with Crippen molar-refractivity contribution in [3.05, 3.63) is 29.8 Å². The van der Waals surface area contributed by atoms with E-state index in [2.05, 4.69) is 10.6 Å². The SMILES string of the molecule is CC(NCCC(=O)O)c1ccc(NC(N)=O)cc1. The first-order valence-corrected chi connectivity index (χ1v) is 5.60. The number of urea groups is 1. The maximum absolute atomic E-state index is 10.6. The molecular formula is C12H17N3O3. The van der Waals surface area contributed by atoms with E-state index >= 15 is 0 Å². The van der Waals surface area contributed by atoms with E-state index in [0.29, 0.717) is 12.2 Å². The largest absolute Gasteiger partial charge is 0.481 e. The molecule has 0 fully saturated rings. The van der Waals surface area contributed by atoms with Crippen molar-refractivity contribution in [3.63, 3.8) is 0 Å². The minimum absolute atomic E-state index is 0.0481. The molecule has 6 nitrogen and oxygen atoms in total. The molecule has 0 aliphatic carbocycles. The van der Waals surface area contributed by atoms with Crippen molar-refractivity contribution in [1.82, 2.24) is 5.32 Å². The van der Waals surface area contributed by atoms with E-state index in [1.165, 1.54) is 0 Å². The Bertz CT molecular complexity index is 417. The average Bonchev–Trinajstić information content (AvgIpc) is 2.28. The molecule has 0 saturated carbocycles. The summed E-state index contributed by atoms with van der Waals surface area (Å²) in [5.74, 6) is -0.823. The smallest absolute Gasteiger partial charge is 0.316 e. The number of carboxylic acids is 1. The van der Waals surface area contributed by atoms with E-state index in [0.717, 1.165) is 5.56 Å². The third kappa shape index (κ3) is 4.84. The second-order valence-corrected chi connectivity index (χ2v) is 3.93. The Hall–Kier alpha value is -2.08. The van der Waals surface area contributed by atoms with Gasteiger partial charge >= 0.3 is 12.0 Å². The number of primary amides is 1. The topological polar surface area (TPSA) is 104 Å². The van der Waals surface area contributed by atoms with Crippen LogP contribution in [0.2, 0.25) is 0 Å². The van der Waals surface area contributed by atoms with Crippen LogP contribution < -0.4 is 16.4 Å². The molecule has 0 heterocycles. The Morgan fingerprint density at radius 1 is 1.33 bits per heavy atom. The molecule has 6 heteroatoms. The van der Waals surface area contributed by atoms with Gasteiger partial charge < -0.3 is 21.5 Å². The zero-order chi connectivity index (χ0) is 13.5. The minimum atomic E-state index is -0.823. The van der Waals surface area contributed by atoms with Crippen LogP contribution in [0.15, 0.2) is 24.3 Å². The van der Waals surface area contributed by atoms with Crippen molar-refractivity contribution < 1.29 is 14.7 Å². The van der Waals surface area contributed by atoms with E-state index < -0.39 is 12.0 Å². The lowest BCUT2D eigenvalue weighted by molar-refractivity contribution is -0.136. The summed E-state index contributed by atoms with van der Waals surface area (Å²) in [5, 5.41) is 14.1. The highest BCUT2D eigenvalue weighted by molar-refractivity contribution is 5.87. The van der Waals surface area contributed by atoms with Crippen molar-refractivity contribution in [1.29, 1.82) is 0 Å². The molecule has 1 aromatic carbocycles. The number of carbonyl (C=O) groups excluding carboxylic acids is 1. The quantitative estimate of drug-likeness (QED) is 0.611. The highest BCUT2D eigenvalue weighted by Crippen LogP contribution is 2.15. The average molecular weight is 251 g/mol. The zero-order valence-electron chi connectivity index (χ0n) is 10.1. The second kappa shape index (κ2) is 6.61. The normalized spacial score (nSPS) is 11.8. The molecule has 1 rings (SSSR count). The number of aliphatic carboxylic acids is 1. The van der Waals surface area contributed by atoms with Crippen LogP contribution in [0.3, 0.4) is 0 Å². The Labute approximate surface area is 105 Å². The van der Waals surface area contributed by atoms with Gasteiger partial charge in [-0.25, -0.2) is 4.79 Å². The first-order chi connectivity index (χ1) is 8.49. The summed E-state index contributed by atoms with van der Waals surface area (Å²) >= 11 is 0. The Morgan fingerprint density at radius 3 is 2.44 bits per heavy atom. The van der Waals surface area contributed by atoms with Crippen molar-refractivity contribution in [2.75, 3.05) is 11.9 Å². The van der Waals surface area contributed by atoms with Crippen LogP contribution in [0.4, 0.5) is 10.5 Å². The van der Waals surface area contributed by atoms with Gasteiger partial charge in [-0.05, 0) is 24.6 Å². The van der Waals surface area contributed by atoms with E-state index in [1.807, 2.05) is 19.1 Å². The molecule has 0 aromatic heterocycles. The summed E-state index contributed by atoms with van der Waals surface area (Å²) in [7, 11) is 0. The highest BCUT2D eigenvalue weighted by Gasteiger charge is 2.06. The molecule has 0 aliphatic heterocycles. The Kier molecular flexibility index (Phi) is 5.13. The predicted molar refractivity (Wildman–Crippen MR) is 68.3 cm³/mol. The summed E-state index contributed by atoms with van der Waals surface area (Å²) in [6.45, 7) is 2.36. The molecule has 0 spiro atoms. The van der Waals surface area contributed by atoms with E-state index in [-0.39, 0.29) is 12.5 Å². The van der Waals surface area contributed by atoms with Crippen LogP contribution in [-0.4, -0.2) is 23.7 Å². The van der Waals surface area contributed by atoms with Gasteiger partial charge in [-0.2, -0.15) is 0 Å². The van der Waals surface area contributed by atoms with Crippen molar-refractivity contribution in [3.8, 4) is 0 Å². The van der Waals surface area contributed by atoms with Crippen LogP contribution in [0.5, 0.6) is 0 Å². The van der Waals surface area contributed by atoms with Crippen LogP contribution in [0.25, 0.3) is 0 Å². The number of hydrogen-bond donors (Lipinski definition) is 4. The van der Waals surface area contributed by atoms with E-state index in [9.17, 15) is 9.59 Å². The molecule has 1 atom stereocenters. The van der Waals surface area contributed by atoms with Gasteiger partial charge in [0.25, 0.3) is 0 Å². The molecule has 2 amide bonds. The first-order valence-electron chi connectivity index (χ1n) is 5.60. The molecule has 1 unspecified atom stereocenters. The maximum atomic E-state index is 10.6. The third-order valence-electron chi connectivity index (χ3n) is 2.47. The van der Waals surface area contributed by atoms with Crippen LogP contribution in [0.1, 0.15) is 24.9 Å². The summed E-state index contributed by atoms with van der Waals surface area (Å²) in [6, 6.07) is 6.64. The van der Waals surface area contributed by atoms with Gasteiger partial charge in [0.15, 0.2) is 0 Å². The van der Waals surface area contributed by atoms with Crippen molar-refractivity contribution in [2.24, 2.45) is 5.73 Å². The molecule has 0 saturated heterocycles. The molecule has 0 aliphatic rings. The summed E-state index contributed by atoms with van der Waals surface area (Å²) < 4.78 is 0. The molecular weight excluding hydrogens is 234 g/mol. The summed E-state index contributed by atoms with van der Waals surface area (Å²) in [4.78, 5) is 21.0. The first kappa shape index (κ1) is 14.0. The van der Waals surface area contributed by atoms with Crippen molar-refractivity contribution in [2.45, 2.75) is 19.4 Å². The molecule has 18 heavy (non-hydrogen) atoms. The van der Waals surface area contributed by atoms with Gasteiger partial charge in [0.05, 0.1) is 6.42 Å². The summed E-state index contributed by atoms with van der Waals surface area (Å²) in [5.41, 5.74) is 6.64. The third-order valence-corrected chi connectivity index (χ3v) is 2.47. The highest BCUT2D eigenvalue weighted by atomic mass is 16.4. The zero-order valence-corrected chi connectivity index (χ0v) is 10.1. The molecule has 1 aromatic rings. The van der Waals surface area contributed by atoms with Gasteiger partial charge in [0.1, 0.15) is 0 Å². The number of nitrogens with two attached hydrogens (primary N) is 1.